The summed E-state index contributed by atoms with van der Waals surface area (Å²) in [7, 11) is 4.28. The van der Waals surface area contributed by atoms with Gasteiger partial charge in [-0.15, -0.1) is 0 Å². The average Bonchev–Trinajstić information content (AvgIpc) is 2.92. The zero-order chi connectivity index (χ0) is 28.5. The lowest BCUT2D eigenvalue weighted by Crippen LogP contribution is -2.35. The van der Waals surface area contributed by atoms with Gasteiger partial charge in [-0.3, -0.25) is 9.59 Å². The molecule has 0 unspecified atom stereocenters. The van der Waals surface area contributed by atoms with Gasteiger partial charge in [0.05, 0.1) is 44.1 Å². The summed E-state index contributed by atoms with van der Waals surface area (Å²) in [5.74, 6) is -1.57. The number of hydrogen-bond acceptors (Lipinski definition) is 8. The first-order chi connectivity index (χ1) is 18.7. The van der Waals surface area contributed by atoms with Crippen LogP contribution in [-0.2, 0) is 4.79 Å². The Morgan fingerprint density at radius 1 is 0.923 bits per heavy atom. The number of halogens is 3. The van der Waals surface area contributed by atoms with Gasteiger partial charge in [0, 0.05) is 15.6 Å². The van der Waals surface area contributed by atoms with E-state index in [1.54, 1.807) is 12.1 Å². The fourth-order valence-corrected chi connectivity index (χ4v) is 4.58. The first-order valence-electron chi connectivity index (χ1n) is 11.0. The molecule has 3 rings (SSSR count). The summed E-state index contributed by atoms with van der Waals surface area (Å²) < 4.78 is 35.7. The van der Waals surface area contributed by atoms with Crippen LogP contribution in [0, 0.1) is 5.82 Å². The maximum atomic E-state index is 13.5. The minimum atomic E-state index is -0.786. The number of methoxy groups -OCH3 is 3. The molecule has 2 N–H and O–H groups in total. The van der Waals surface area contributed by atoms with Crippen LogP contribution >= 0.6 is 31.9 Å². The largest absolute Gasteiger partial charge is 0.493 e. The van der Waals surface area contributed by atoms with Crippen molar-refractivity contribution in [3.8, 4) is 23.0 Å². The average molecular weight is 667 g/mol. The molecular weight excluding hydrogens is 645 g/mol. The third kappa shape index (κ3) is 7.77. The molecule has 0 aliphatic rings. The molecule has 0 saturated heterocycles. The predicted octanol–water partition coefficient (Wildman–Crippen LogP) is 4.48. The van der Waals surface area contributed by atoms with E-state index >= 15 is 0 Å². The Kier molecular flexibility index (Phi) is 10.4. The molecule has 0 aliphatic carbocycles. The molecule has 0 atom stereocenters. The van der Waals surface area contributed by atoms with Gasteiger partial charge >= 0.3 is 5.97 Å². The van der Waals surface area contributed by atoms with Gasteiger partial charge in [-0.2, -0.15) is 5.10 Å². The molecule has 3 aromatic carbocycles. The van der Waals surface area contributed by atoms with Gasteiger partial charge in [0.25, 0.3) is 11.8 Å². The molecule has 0 fully saturated rings. The highest BCUT2D eigenvalue weighted by Crippen LogP contribution is 2.38. The van der Waals surface area contributed by atoms with E-state index in [1.807, 2.05) is 0 Å². The van der Waals surface area contributed by atoms with Crippen molar-refractivity contribution in [3.05, 3.63) is 80.0 Å². The van der Waals surface area contributed by atoms with E-state index in [9.17, 15) is 18.8 Å². The molecule has 0 radical (unpaired) electrons. The van der Waals surface area contributed by atoms with Crippen LogP contribution in [-0.4, -0.2) is 51.9 Å². The summed E-state index contributed by atoms with van der Waals surface area (Å²) in [6.07, 6.45) is 1.25. The second kappa shape index (κ2) is 13.7. The molecule has 39 heavy (non-hydrogen) atoms. The minimum absolute atomic E-state index is 0.0175. The van der Waals surface area contributed by atoms with Crippen molar-refractivity contribution in [2.45, 2.75) is 0 Å². The summed E-state index contributed by atoms with van der Waals surface area (Å²) in [5, 5.41) is 6.36. The van der Waals surface area contributed by atoms with Crippen molar-refractivity contribution < 1.29 is 37.7 Å². The van der Waals surface area contributed by atoms with E-state index < -0.39 is 30.1 Å². The van der Waals surface area contributed by atoms with Crippen LogP contribution in [0.25, 0.3) is 0 Å². The van der Waals surface area contributed by atoms with Gasteiger partial charge in [0.1, 0.15) is 5.82 Å². The highest BCUT2D eigenvalue weighted by Gasteiger charge is 2.18. The number of nitrogens with zero attached hydrogens (tertiary/aromatic N) is 1. The first-order valence-corrected chi connectivity index (χ1v) is 12.6. The van der Waals surface area contributed by atoms with Gasteiger partial charge in [-0.1, -0.05) is 22.0 Å². The van der Waals surface area contributed by atoms with E-state index in [0.29, 0.717) is 20.3 Å². The van der Waals surface area contributed by atoms with Crippen molar-refractivity contribution in [2.75, 3.05) is 27.9 Å². The van der Waals surface area contributed by atoms with Gasteiger partial charge in [0.2, 0.25) is 5.75 Å². The fraction of sp³-hybridized carbons (Fsp3) is 0.154. The first kappa shape index (κ1) is 29.6. The zero-order valence-corrected chi connectivity index (χ0v) is 24.0. The Morgan fingerprint density at radius 2 is 1.62 bits per heavy atom. The Balaban J connectivity index is 1.66. The maximum absolute atomic E-state index is 13.5. The number of hydrazone groups is 1. The summed E-state index contributed by atoms with van der Waals surface area (Å²) in [5.41, 5.74) is 2.81. The molecule has 13 heteroatoms. The lowest BCUT2D eigenvalue weighted by molar-refractivity contribution is -0.120. The van der Waals surface area contributed by atoms with Gasteiger partial charge in [-0.05, 0) is 58.4 Å². The highest BCUT2D eigenvalue weighted by molar-refractivity contribution is 9.11. The topological polar surface area (TPSA) is 125 Å². The molecule has 0 saturated carbocycles. The highest BCUT2D eigenvalue weighted by atomic mass is 79.9. The quantitative estimate of drug-likeness (QED) is 0.142. The molecular formula is C26H22Br2FN3O7. The fourth-order valence-electron chi connectivity index (χ4n) is 3.24. The molecule has 3 aromatic rings. The van der Waals surface area contributed by atoms with Crippen LogP contribution in [0.3, 0.4) is 0 Å². The van der Waals surface area contributed by atoms with Crippen LogP contribution in [0.15, 0.2) is 62.6 Å². The Morgan fingerprint density at radius 3 is 2.23 bits per heavy atom. The molecule has 2 amide bonds. The smallest absolute Gasteiger partial charge is 0.343 e. The molecule has 0 aromatic heterocycles. The van der Waals surface area contributed by atoms with Crippen LogP contribution in [0.2, 0.25) is 0 Å². The van der Waals surface area contributed by atoms with Gasteiger partial charge < -0.3 is 24.3 Å². The van der Waals surface area contributed by atoms with E-state index in [4.69, 9.17) is 18.9 Å². The molecule has 0 heterocycles. The normalized spacial score (nSPS) is 10.6. The van der Waals surface area contributed by atoms with Crippen LogP contribution in [0.4, 0.5) is 4.39 Å². The number of rotatable bonds is 10. The summed E-state index contributed by atoms with van der Waals surface area (Å²) in [4.78, 5) is 37.4. The number of esters is 1. The van der Waals surface area contributed by atoms with Crippen molar-refractivity contribution in [2.24, 2.45) is 5.10 Å². The third-order valence-corrected chi connectivity index (χ3v) is 6.07. The third-order valence-electron chi connectivity index (χ3n) is 5.02. The van der Waals surface area contributed by atoms with Gasteiger partial charge in [-0.25, -0.2) is 14.6 Å². The van der Waals surface area contributed by atoms with Crippen molar-refractivity contribution in [3.63, 3.8) is 0 Å². The van der Waals surface area contributed by atoms with Crippen LogP contribution < -0.4 is 29.7 Å². The van der Waals surface area contributed by atoms with Crippen LogP contribution in [0.1, 0.15) is 26.3 Å². The van der Waals surface area contributed by atoms with E-state index in [0.717, 1.165) is 6.07 Å². The standard InChI is InChI=1S/C26H22Br2FN3O7/c1-36-20-9-15(10-21(37-2)24(20)38-3)25(34)30-13-22(33)32-31-12-16-7-17(27)11-19(28)23(16)39-26(35)14-5-4-6-18(29)8-14/h4-12H,13H2,1-3H3,(H,30,34)(H,32,33)/b31-12+. The summed E-state index contributed by atoms with van der Waals surface area (Å²) >= 11 is 6.66. The van der Waals surface area contributed by atoms with Crippen molar-refractivity contribution >= 4 is 55.9 Å². The molecule has 0 aliphatic heterocycles. The number of carbonyl (C=O) groups excluding carboxylic acids is 3. The van der Waals surface area contributed by atoms with Gasteiger partial charge in [0.15, 0.2) is 17.2 Å². The number of hydrogen-bond donors (Lipinski definition) is 2. The Hall–Kier alpha value is -3.97. The molecule has 0 bridgehead atoms. The predicted molar refractivity (Wildman–Crippen MR) is 147 cm³/mol. The van der Waals surface area contributed by atoms with E-state index in [2.05, 4.69) is 47.7 Å². The lowest BCUT2D eigenvalue weighted by atomic mass is 10.1. The lowest BCUT2D eigenvalue weighted by Gasteiger charge is -2.14. The van der Waals surface area contributed by atoms with Crippen molar-refractivity contribution in [1.29, 1.82) is 0 Å². The number of carbonyl (C=O) groups is 3. The van der Waals surface area contributed by atoms with E-state index in [-0.39, 0.29) is 28.4 Å². The number of nitrogens with one attached hydrogen (secondary N) is 2. The zero-order valence-electron chi connectivity index (χ0n) is 20.8. The minimum Gasteiger partial charge on any atom is -0.493 e. The SMILES string of the molecule is COc1cc(C(=O)NCC(=O)N/N=C/c2cc(Br)cc(Br)c2OC(=O)c2cccc(F)c2)cc(OC)c1OC. The number of benzene rings is 3. The maximum Gasteiger partial charge on any atom is 0.343 e. The van der Waals surface area contributed by atoms with Crippen LogP contribution in [0.5, 0.6) is 23.0 Å². The monoisotopic (exact) mass is 665 g/mol. The molecule has 204 valence electrons. The second-order valence-electron chi connectivity index (χ2n) is 7.60. The van der Waals surface area contributed by atoms with E-state index in [1.165, 1.54) is 57.9 Å². The second-order valence-corrected chi connectivity index (χ2v) is 9.37. The summed E-state index contributed by atoms with van der Waals surface area (Å²) in [6.45, 7) is -0.392. The number of ether oxygens (including phenoxy) is 4. The molecule has 10 nitrogen and oxygen atoms in total. The number of amides is 2. The Bertz CT molecular complexity index is 1410. The van der Waals surface area contributed by atoms with Crippen molar-refractivity contribution in [1.82, 2.24) is 10.7 Å². The summed E-state index contributed by atoms with van der Waals surface area (Å²) in [6, 6.07) is 11.2. The molecule has 0 spiro atoms. The Labute approximate surface area is 239 Å².